The summed E-state index contributed by atoms with van der Waals surface area (Å²) in [5.74, 6) is 1.29. The quantitative estimate of drug-likeness (QED) is 0.428. The number of likely N-dealkylation sites (tertiary alicyclic amines) is 1. The van der Waals surface area contributed by atoms with Gasteiger partial charge in [-0.15, -0.1) is 11.8 Å². The molecule has 2 rings (SSSR count). The van der Waals surface area contributed by atoms with Crippen LogP contribution in [0, 0.1) is 5.92 Å². The highest BCUT2D eigenvalue weighted by atomic mass is 32.2. The Kier molecular flexibility index (Phi) is 7.29. The van der Waals surface area contributed by atoms with Crippen LogP contribution in [0.5, 0.6) is 0 Å². The van der Waals surface area contributed by atoms with Crippen molar-refractivity contribution in [3.05, 3.63) is 29.8 Å². The average Bonchev–Trinajstić information content (AvgIpc) is 2.62. The molecule has 1 aromatic carbocycles. The summed E-state index contributed by atoms with van der Waals surface area (Å²) < 4.78 is 0. The molecule has 0 saturated carbocycles. The van der Waals surface area contributed by atoms with Crippen LogP contribution in [0.4, 0.5) is 0 Å². The first-order valence-electron chi connectivity index (χ1n) is 8.73. The van der Waals surface area contributed by atoms with E-state index in [9.17, 15) is 9.90 Å². The van der Waals surface area contributed by atoms with Crippen molar-refractivity contribution in [1.29, 1.82) is 0 Å². The first-order valence-corrected chi connectivity index (χ1v) is 9.72. The van der Waals surface area contributed by atoms with Crippen LogP contribution < -0.4 is 0 Å². The van der Waals surface area contributed by atoms with Crippen LogP contribution in [0.25, 0.3) is 0 Å². The average molecular weight is 352 g/mol. The second-order valence-corrected chi connectivity index (χ2v) is 8.14. The van der Waals surface area contributed by atoms with E-state index in [2.05, 4.69) is 4.90 Å². The van der Waals surface area contributed by atoms with Gasteiger partial charge in [0.1, 0.15) is 0 Å². The monoisotopic (exact) mass is 351 g/mol. The number of hydrogen-bond donors (Lipinski definition) is 2. The van der Waals surface area contributed by atoms with Crippen LogP contribution in [-0.4, -0.2) is 58.5 Å². The Hall–Kier alpha value is -0.880. The van der Waals surface area contributed by atoms with Crippen LogP contribution in [0.15, 0.2) is 29.2 Å². The molecule has 4 nitrogen and oxygen atoms in total. The molecule has 1 aromatic rings. The van der Waals surface area contributed by atoms with E-state index in [0.29, 0.717) is 0 Å². The zero-order valence-corrected chi connectivity index (χ0v) is 15.5. The number of rotatable bonds is 8. The van der Waals surface area contributed by atoms with Crippen LogP contribution in [-0.2, 0) is 0 Å². The number of carbonyl (C=O) groups excluding carboxylic acids is 1. The second kappa shape index (κ2) is 8.99. The Balaban J connectivity index is 2.03. The molecule has 0 spiro atoms. The van der Waals surface area contributed by atoms with Gasteiger partial charge in [0.05, 0.1) is 5.54 Å². The van der Waals surface area contributed by atoms with Gasteiger partial charge in [0, 0.05) is 36.0 Å². The highest BCUT2D eigenvalue weighted by Gasteiger charge is 2.37. The van der Waals surface area contributed by atoms with Crippen molar-refractivity contribution in [2.45, 2.75) is 43.5 Å². The number of hydrogen-bond acceptors (Lipinski definition) is 5. The van der Waals surface area contributed by atoms with Gasteiger partial charge in [-0.2, -0.15) is 0 Å². The summed E-state index contributed by atoms with van der Waals surface area (Å²) in [6.07, 6.45) is 2.85. The summed E-state index contributed by atoms with van der Waals surface area (Å²) in [4.78, 5) is 16.3. The third-order valence-electron chi connectivity index (χ3n) is 4.81. The van der Waals surface area contributed by atoms with Gasteiger partial charge in [-0.05, 0) is 57.7 Å². The van der Waals surface area contributed by atoms with E-state index in [4.69, 9.17) is 5.11 Å². The van der Waals surface area contributed by atoms with Crippen LogP contribution in [0.2, 0.25) is 0 Å². The number of Topliss-reactive ketones (excluding diaryl/α,β-unsaturated/α-hetero) is 1. The number of nitrogens with zero attached hydrogens (tertiary/aromatic N) is 1. The molecular formula is C19H29NO3S. The molecule has 1 unspecified atom stereocenters. The third kappa shape index (κ3) is 4.82. The maximum Gasteiger partial charge on any atom is 0.182 e. The van der Waals surface area contributed by atoms with Gasteiger partial charge in [-0.1, -0.05) is 12.1 Å². The summed E-state index contributed by atoms with van der Waals surface area (Å²) in [6.45, 7) is 6.07. The van der Waals surface area contributed by atoms with Gasteiger partial charge in [-0.3, -0.25) is 9.69 Å². The van der Waals surface area contributed by atoms with E-state index in [1.807, 2.05) is 38.1 Å². The van der Waals surface area contributed by atoms with E-state index < -0.39 is 5.54 Å². The molecule has 0 bridgehead atoms. The highest BCUT2D eigenvalue weighted by molar-refractivity contribution is 7.99. The van der Waals surface area contributed by atoms with Crippen molar-refractivity contribution < 1.29 is 15.0 Å². The Labute approximate surface area is 149 Å². The molecular weight excluding hydrogens is 322 g/mol. The maximum atomic E-state index is 13.0. The van der Waals surface area contributed by atoms with Crippen LogP contribution >= 0.6 is 11.8 Å². The summed E-state index contributed by atoms with van der Waals surface area (Å²) in [6, 6.07) is 7.77. The predicted octanol–water partition coefficient (Wildman–Crippen LogP) is 2.83. The van der Waals surface area contributed by atoms with Gasteiger partial charge in [0.25, 0.3) is 0 Å². The molecule has 1 atom stereocenters. The normalized spacial score (nSPS) is 19.4. The van der Waals surface area contributed by atoms with Crippen molar-refractivity contribution >= 4 is 17.5 Å². The van der Waals surface area contributed by atoms with Crippen molar-refractivity contribution in [1.82, 2.24) is 4.90 Å². The number of carbonyl (C=O) groups is 1. The Bertz CT molecular complexity index is 530. The molecule has 1 aliphatic rings. The van der Waals surface area contributed by atoms with Gasteiger partial charge in [0.2, 0.25) is 0 Å². The van der Waals surface area contributed by atoms with Crippen LogP contribution in [0.1, 0.15) is 43.5 Å². The number of aliphatic hydroxyl groups excluding tert-OH is 2. The molecule has 0 aromatic heterocycles. The molecule has 1 heterocycles. The van der Waals surface area contributed by atoms with E-state index in [1.54, 1.807) is 11.8 Å². The smallest absolute Gasteiger partial charge is 0.182 e. The summed E-state index contributed by atoms with van der Waals surface area (Å²) in [5, 5.41) is 18.3. The Morgan fingerprint density at radius 3 is 2.62 bits per heavy atom. The zero-order valence-electron chi connectivity index (χ0n) is 14.7. The topological polar surface area (TPSA) is 60.8 Å². The lowest BCUT2D eigenvalue weighted by molar-refractivity contribution is 0.0382. The minimum atomic E-state index is -0.556. The number of piperidine rings is 1. The Morgan fingerprint density at radius 1 is 1.29 bits per heavy atom. The van der Waals surface area contributed by atoms with Crippen LogP contribution in [0.3, 0.4) is 0 Å². The second-order valence-electron chi connectivity index (χ2n) is 6.97. The van der Waals surface area contributed by atoms with Crippen molar-refractivity contribution in [2.75, 3.05) is 32.1 Å². The van der Waals surface area contributed by atoms with Gasteiger partial charge in [0.15, 0.2) is 5.78 Å². The molecule has 0 amide bonds. The molecule has 0 radical (unpaired) electrons. The zero-order chi connectivity index (χ0) is 17.6. The molecule has 24 heavy (non-hydrogen) atoms. The third-order valence-corrected chi connectivity index (χ3v) is 5.91. The molecule has 2 N–H and O–H groups in total. The molecule has 1 saturated heterocycles. The Morgan fingerprint density at radius 2 is 2.00 bits per heavy atom. The van der Waals surface area contributed by atoms with E-state index in [0.717, 1.165) is 48.6 Å². The number of benzene rings is 1. The maximum absolute atomic E-state index is 13.0. The molecule has 1 aliphatic heterocycles. The van der Waals surface area contributed by atoms with Gasteiger partial charge in [-0.25, -0.2) is 0 Å². The van der Waals surface area contributed by atoms with Crippen molar-refractivity contribution in [3.63, 3.8) is 0 Å². The van der Waals surface area contributed by atoms with E-state index in [-0.39, 0.29) is 24.9 Å². The fourth-order valence-electron chi connectivity index (χ4n) is 3.18. The lowest BCUT2D eigenvalue weighted by Gasteiger charge is -2.42. The SMILES string of the molecule is CC(C)(C(=O)c1ccc(SCCCO)cc1)N1CCCC(CO)C1. The first-order chi connectivity index (χ1) is 11.5. The lowest BCUT2D eigenvalue weighted by atomic mass is 9.87. The number of ketones is 1. The fraction of sp³-hybridized carbons (Fsp3) is 0.632. The molecule has 134 valence electrons. The van der Waals surface area contributed by atoms with E-state index in [1.165, 1.54) is 0 Å². The summed E-state index contributed by atoms with van der Waals surface area (Å²) >= 11 is 1.69. The van der Waals surface area contributed by atoms with Gasteiger partial charge >= 0.3 is 0 Å². The molecule has 5 heteroatoms. The highest BCUT2D eigenvalue weighted by Crippen LogP contribution is 2.28. The lowest BCUT2D eigenvalue weighted by Crippen LogP contribution is -2.54. The minimum Gasteiger partial charge on any atom is -0.396 e. The van der Waals surface area contributed by atoms with Crippen molar-refractivity contribution in [3.8, 4) is 0 Å². The molecule has 1 fully saturated rings. The first kappa shape index (κ1) is 19.4. The largest absolute Gasteiger partial charge is 0.396 e. The predicted molar refractivity (Wildman–Crippen MR) is 98.7 cm³/mol. The number of thioether (sulfide) groups is 1. The number of aliphatic hydroxyl groups is 2. The molecule has 0 aliphatic carbocycles. The van der Waals surface area contributed by atoms with Crippen molar-refractivity contribution in [2.24, 2.45) is 5.92 Å². The van der Waals surface area contributed by atoms with E-state index >= 15 is 0 Å². The standard InChI is InChI=1S/C19H29NO3S/c1-19(2,20-10-3-5-15(13-20)14-22)18(23)16-6-8-17(9-7-16)24-12-4-11-21/h6-9,15,21-22H,3-5,10-14H2,1-2H3. The fourth-order valence-corrected chi connectivity index (χ4v) is 4.01. The minimum absolute atomic E-state index is 0.132. The summed E-state index contributed by atoms with van der Waals surface area (Å²) in [7, 11) is 0. The summed E-state index contributed by atoms with van der Waals surface area (Å²) in [5.41, 5.74) is 0.178. The van der Waals surface area contributed by atoms with Gasteiger partial charge < -0.3 is 10.2 Å².